The molecule has 10 heavy (non-hydrogen) atoms. The largest absolute Gasteiger partial charge is 0.481 e. The molecule has 0 aliphatic heterocycles. The van der Waals surface area contributed by atoms with E-state index in [-0.39, 0.29) is 5.92 Å². The van der Waals surface area contributed by atoms with Crippen LogP contribution in [0.3, 0.4) is 0 Å². The molecule has 0 aromatic carbocycles. The lowest BCUT2D eigenvalue weighted by Crippen LogP contribution is -2.11. The van der Waals surface area contributed by atoms with Gasteiger partial charge in [-0.2, -0.15) is 0 Å². The Morgan fingerprint density at radius 1 is 1.50 bits per heavy atom. The highest BCUT2D eigenvalue weighted by atomic mass is 16.4. The minimum absolute atomic E-state index is 0.126. The number of hydrogen-bond donors (Lipinski definition) is 1. The summed E-state index contributed by atoms with van der Waals surface area (Å²) in [5.41, 5.74) is 0. The van der Waals surface area contributed by atoms with Crippen molar-refractivity contribution in [2.45, 2.75) is 25.7 Å². The van der Waals surface area contributed by atoms with Crippen LogP contribution in [0.2, 0.25) is 0 Å². The van der Waals surface area contributed by atoms with Gasteiger partial charge >= 0.3 is 5.97 Å². The van der Waals surface area contributed by atoms with Crippen molar-refractivity contribution in [1.82, 2.24) is 0 Å². The van der Waals surface area contributed by atoms with Crippen molar-refractivity contribution in [2.24, 2.45) is 5.92 Å². The molecule has 0 spiro atoms. The summed E-state index contributed by atoms with van der Waals surface area (Å²) in [5, 5.41) is 8.63. The molecular formula is C8H12O2. The number of aliphatic carboxylic acids is 1. The van der Waals surface area contributed by atoms with Crippen LogP contribution < -0.4 is 0 Å². The van der Waals surface area contributed by atoms with Crippen LogP contribution in [0, 0.1) is 5.92 Å². The third-order valence-electron chi connectivity index (χ3n) is 1.86. The summed E-state index contributed by atoms with van der Waals surface area (Å²) in [6.07, 6.45) is 7.67. The summed E-state index contributed by atoms with van der Waals surface area (Å²) in [6.45, 7) is 0. The van der Waals surface area contributed by atoms with Crippen LogP contribution in [0.5, 0.6) is 0 Å². The van der Waals surface area contributed by atoms with Crippen LogP contribution in [-0.4, -0.2) is 11.1 Å². The van der Waals surface area contributed by atoms with Gasteiger partial charge in [-0.3, -0.25) is 4.79 Å². The third kappa shape index (κ3) is 1.87. The average Bonchev–Trinajstić information content (AvgIpc) is 2.12. The number of carboxylic acids is 1. The van der Waals surface area contributed by atoms with E-state index in [2.05, 4.69) is 6.08 Å². The molecule has 0 heterocycles. The first-order chi connectivity index (χ1) is 4.80. The summed E-state index contributed by atoms with van der Waals surface area (Å²) < 4.78 is 0. The number of allylic oxidation sites excluding steroid dienone is 2. The van der Waals surface area contributed by atoms with Gasteiger partial charge in [0.15, 0.2) is 0 Å². The van der Waals surface area contributed by atoms with Crippen LogP contribution >= 0.6 is 0 Å². The normalized spacial score (nSPS) is 25.8. The summed E-state index contributed by atoms with van der Waals surface area (Å²) in [4.78, 5) is 10.5. The van der Waals surface area contributed by atoms with Crippen molar-refractivity contribution in [3.05, 3.63) is 12.2 Å². The molecule has 0 saturated carbocycles. The molecule has 2 nitrogen and oxygen atoms in total. The molecule has 1 aliphatic carbocycles. The molecule has 0 aromatic heterocycles. The summed E-state index contributed by atoms with van der Waals surface area (Å²) >= 11 is 0. The van der Waals surface area contributed by atoms with Gasteiger partial charge in [-0.25, -0.2) is 0 Å². The van der Waals surface area contributed by atoms with E-state index in [1.165, 1.54) is 0 Å². The Balaban J connectivity index is 2.45. The monoisotopic (exact) mass is 140 g/mol. The Bertz CT molecular complexity index is 149. The Kier molecular flexibility index (Phi) is 2.49. The maximum Gasteiger partial charge on any atom is 0.306 e. The highest BCUT2D eigenvalue weighted by Gasteiger charge is 2.15. The SMILES string of the molecule is O=C(O)C1CC=CCCC1. The quantitative estimate of drug-likeness (QED) is 0.564. The predicted octanol–water partition coefficient (Wildman–Crippen LogP) is 1.82. The fourth-order valence-corrected chi connectivity index (χ4v) is 1.20. The van der Waals surface area contributed by atoms with Gasteiger partial charge in [-0.15, -0.1) is 0 Å². The van der Waals surface area contributed by atoms with Crippen LogP contribution in [-0.2, 0) is 4.79 Å². The maximum absolute atomic E-state index is 10.5. The first-order valence-corrected chi connectivity index (χ1v) is 3.68. The number of carboxylic acid groups (broad SMARTS) is 1. The second kappa shape index (κ2) is 3.40. The molecule has 1 atom stereocenters. The fourth-order valence-electron chi connectivity index (χ4n) is 1.20. The van der Waals surface area contributed by atoms with E-state index in [4.69, 9.17) is 5.11 Å². The van der Waals surface area contributed by atoms with E-state index in [0.29, 0.717) is 0 Å². The Morgan fingerprint density at radius 3 is 3.00 bits per heavy atom. The fraction of sp³-hybridized carbons (Fsp3) is 0.625. The summed E-state index contributed by atoms with van der Waals surface area (Å²) in [5.74, 6) is -0.773. The topological polar surface area (TPSA) is 37.3 Å². The molecule has 0 bridgehead atoms. The molecule has 2 heteroatoms. The molecule has 1 N–H and O–H groups in total. The van der Waals surface area contributed by atoms with Crippen LogP contribution in [0.15, 0.2) is 12.2 Å². The zero-order valence-electron chi connectivity index (χ0n) is 5.92. The van der Waals surface area contributed by atoms with Crippen molar-refractivity contribution in [2.75, 3.05) is 0 Å². The molecule has 1 aliphatic rings. The zero-order chi connectivity index (χ0) is 7.40. The number of carbonyl (C=O) groups is 1. The van der Waals surface area contributed by atoms with Crippen molar-refractivity contribution >= 4 is 5.97 Å². The second-order valence-corrected chi connectivity index (χ2v) is 2.67. The van der Waals surface area contributed by atoms with Gasteiger partial charge in [0.05, 0.1) is 5.92 Å². The van der Waals surface area contributed by atoms with Gasteiger partial charge < -0.3 is 5.11 Å². The highest BCUT2D eigenvalue weighted by Crippen LogP contribution is 2.17. The van der Waals surface area contributed by atoms with Crippen molar-refractivity contribution < 1.29 is 9.90 Å². The molecule has 1 unspecified atom stereocenters. The molecule has 0 aromatic rings. The van der Waals surface area contributed by atoms with Crippen LogP contribution in [0.25, 0.3) is 0 Å². The van der Waals surface area contributed by atoms with Gasteiger partial charge in [-0.1, -0.05) is 12.2 Å². The smallest absolute Gasteiger partial charge is 0.306 e. The van der Waals surface area contributed by atoms with E-state index in [1.54, 1.807) is 0 Å². The van der Waals surface area contributed by atoms with E-state index in [1.807, 2.05) is 6.08 Å². The van der Waals surface area contributed by atoms with E-state index in [0.717, 1.165) is 25.7 Å². The number of rotatable bonds is 1. The Labute approximate surface area is 60.6 Å². The molecule has 0 amide bonds. The third-order valence-corrected chi connectivity index (χ3v) is 1.86. The molecule has 1 rings (SSSR count). The lowest BCUT2D eigenvalue weighted by atomic mass is 10.0. The molecule has 0 saturated heterocycles. The first kappa shape index (κ1) is 7.32. The van der Waals surface area contributed by atoms with Gasteiger partial charge in [0.1, 0.15) is 0 Å². The first-order valence-electron chi connectivity index (χ1n) is 3.68. The molecular weight excluding hydrogens is 128 g/mol. The average molecular weight is 140 g/mol. The van der Waals surface area contributed by atoms with Gasteiger partial charge in [0.2, 0.25) is 0 Å². The maximum atomic E-state index is 10.5. The van der Waals surface area contributed by atoms with Crippen molar-refractivity contribution in [3.8, 4) is 0 Å². The molecule has 0 radical (unpaired) electrons. The van der Waals surface area contributed by atoms with Gasteiger partial charge in [0, 0.05) is 0 Å². The minimum Gasteiger partial charge on any atom is -0.481 e. The zero-order valence-corrected chi connectivity index (χ0v) is 5.92. The summed E-state index contributed by atoms with van der Waals surface area (Å²) in [7, 11) is 0. The lowest BCUT2D eigenvalue weighted by Gasteiger charge is -2.04. The second-order valence-electron chi connectivity index (χ2n) is 2.67. The van der Waals surface area contributed by atoms with Crippen molar-refractivity contribution in [3.63, 3.8) is 0 Å². The van der Waals surface area contributed by atoms with Crippen LogP contribution in [0.4, 0.5) is 0 Å². The molecule has 0 fully saturated rings. The summed E-state index contributed by atoms with van der Waals surface area (Å²) in [6, 6.07) is 0. The Morgan fingerprint density at radius 2 is 2.30 bits per heavy atom. The number of hydrogen-bond acceptors (Lipinski definition) is 1. The van der Waals surface area contributed by atoms with Crippen LogP contribution in [0.1, 0.15) is 25.7 Å². The molecule has 56 valence electrons. The minimum atomic E-state index is -0.647. The lowest BCUT2D eigenvalue weighted by molar-refractivity contribution is -0.141. The standard InChI is InChI=1S/C8H12O2/c9-8(10)7-5-3-1-2-4-6-7/h1,3,7H,2,4-6H2,(H,9,10). The predicted molar refractivity (Wildman–Crippen MR) is 38.7 cm³/mol. The van der Waals surface area contributed by atoms with Gasteiger partial charge in [0.25, 0.3) is 0 Å². The van der Waals surface area contributed by atoms with E-state index < -0.39 is 5.97 Å². The van der Waals surface area contributed by atoms with Gasteiger partial charge in [-0.05, 0) is 25.7 Å². The highest BCUT2D eigenvalue weighted by molar-refractivity contribution is 5.70. The van der Waals surface area contributed by atoms with E-state index >= 15 is 0 Å². The Hall–Kier alpha value is -0.790. The van der Waals surface area contributed by atoms with E-state index in [9.17, 15) is 4.79 Å². The van der Waals surface area contributed by atoms with Crippen molar-refractivity contribution in [1.29, 1.82) is 0 Å².